The molecule has 26 heavy (non-hydrogen) atoms. The van der Waals surface area contributed by atoms with E-state index in [-0.39, 0.29) is 13.2 Å². The number of rotatable bonds is 15. The van der Waals surface area contributed by atoms with Crippen LogP contribution >= 0.6 is 0 Å². The summed E-state index contributed by atoms with van der Waals surface area (Å²) < 4.78 is 9.79. The molecule has 0 heterocycles. The van der Waals surface area contributed by atoms with Crippen LogP contribution in [-0.4, -0.2) is 51.6 Å². The van der Waals surface area contributed by atoms with Gasteiger partial charge in [0, 0.05) is 36.0 Å². The Balaban J connectivity index is 3.32. The predicted octanol–water partition coefficient (Wildman–Crippen LogP) is 3.40. The van der Waals surface area contributed by atoms with E-state index in [1.165, 1.54) is 0 Å². The lowest BCUT2D eigenvalue weighted by atomic mass is 10.2. The molecule has 0 spiro atoms. The third kappa shape index (κ3) is 17.5. The second kappa shape index (κ2) is 18.5. The molecule has 0 bridgehead atoms. The average Bonchev–Trinajstić information content (AvgIpc) is 2.63. The molecule has 0 aromatic rings. The van der Waals surface area contributed by atoms with Gasteiger partial charge in [0.1, 0.15) is 0 Å². The monoisotopic (exact) mass is 370 g/mol. The molecule has 0 aliphatic rings. The fourth-order valence-electron chi connectivity index (χ4n) is 1.78. The van der Waals surface area contributed by atoms with E-state index in [4.69, 9.17) is 20.5 Å². The van der Waals surface area contributed by atoms with Crippen molar-refractivity contribution in [1.82, 2.24) is 10.6 Å². The molecule has 0 saturated heterocycles. The number of ether oxygens (including phenoxy) is 2. The molecule has 0 aromatic heterocycles. The van der Waals surface area contributed by atoms with E-state index in [0.29, 0.717) is 39.0 Å². The molecule has 2 amide bonds. The second-order valence-electron chi connectivity index (χ2n) is 5.16. The van der Waals surface area contributed by atoms with Gasteiger partial charge < -0.3 is 20.1 Å². The second-order valence-corrected chi connectivity index (χ2v) is 5.16. The van der Waals surface area contributed by atoms with Crippen LogP contribution in [0.4, 0.5) is 9.59 Å². The van der Waals surface area contributed by atoms with Gasteiger partial charge in [-0.1, -0.05) is 23.1 Å². The number of alkyl carbamates (subject to hydrolysis) is 2. The van der Waals surface area contributed by atoms with E-state index in [1.54, 1.807) is 0 Å². The van der Waals surface area contributed by atoms with Gasteiger partial charge in [0.15, 0.2) is 0 Å². The molecular formula is C14H26N8O4. The summed E-state index contributed by atoms with van der Waals surface area (Å²) in [5.74, 6) is 0. The Morgan fingerprint density at radius 3 is 1.54 bits per heavy atom. The van der Waals surface area contributed by atoms with Crippen LogP contribution in [0.3, 0.4) is 0 Å². The SMILES string of the molecule is [N-]=[N+]=NCCCOC(=O)NCCCCCCNC(=O)OCCCN=[N+]=[N-]. The highest BCUT2D eigenvalue weighted by molar-refractivity contribution is 5.67. The number of carbonyl (C=O) groups excluding carboxylic acids is 2. The van der Waals surface area contributed by atoms with Crippen molar-refractivity contribution in [2.24, 2.45) is 10.2 Å². The highest BCUT2D eigenvalue weighted by Crippen LogP contribution is 1.98. The molecule has 12 heteroatoms. The van der Waals surface area contributed by atoms with E-state index in [1.807, 2.05) is 0 Å². The van der Waals surface area contributed by atoms with E-state index in [2.05, 4.69) is 30.7 Å². The predicted molar refractivity (Wildman–Crippen MR) is 94.4 cm³/mol. The maximum Gasteiger partial charge on any atom is 0.407 e. The van der Waals surface area contributed by atoms with E-state index >= 15 is 0 Å². The third-order valence-electron chi connectivity index (χ3n) is 3.04. The average molecular weight is 370 g/mol. The van der Waals surface area contributed by atoms with Gasteiger partial charge in [0.05, 0.1) is 13.2 Å². The van der Waals surface area contributed by atoms with Crippen molar-refractivity contribution in [3.05, 3.63) is 20.9 Å². The lowest BCUT2D eigenvalue weighted by Crippen LogP contribution is -2.26. The van der Waals surface area contributed by atoms with Crippen molar-refractivity contribution in [3.8, 4) is 0 Å². The number of nitrogens with one attached hydrogen (secondary N) is 2. The molecular weight excluding hydrogens is 344 g/mol. The summed E-state index contributed by atoms with van der Waals surface area (Å²) in [5, 5.41) is 11.9. The van der Waals surface area contributed by atoms with Crippen LogP contribution in [0.2, 0.25) is 0 Å². The minimum absolute atomic E-state index is 0.220. The summed E-state index contributed by atoms with van der Waals surface area (Å²) >= 11 is 0. The maximum absolute atomic E-state index is 11.3. The first-order valence-electron chi connectivity index (χ1n) is 8.53. The Hall–Kier alpha value is -2.84. The van der Waals surface area contributed by atoms with E-state index < -0.39 is 12.2 Å². The van der Waals surface area contributed by atoms with Gasteiger partial charge >= 0.3 is 12.2 Å². The number of hydrogen-bond acceptors (Lipinski definition) is 6. The van der Waals surface area contributed by atoms with Gasteiger partial charge in [0.25, 0.3) is 0 Å². The molecule has 0 radical (unpaired) electrons. The van der Waals surface area contributed by atoms with Crippen molar-refractivity contribution >= 4 is 12.2 Å². The Kier molecular flexibility index (Phi) is 16.5. The zero-order valence-electron chi connectivity index (χ0n) is 14.8. The largest absolute Gasteiger partial charge is 0.450 e. The number of carbonyl (C=O) groups is 2. The molecule has 0 atom stereocenters. The van der Waals surface area contributed by atoms with Gasteiger partial charge in [-0.2, -0.15) is 0 Å². The Morgan fingerprint density at radius 1 is 0.731 bits per heavy atom. The van der Waals surface area contributed by atoms with Gasteiger partial charge in [0.2, 0.25) is 0 Å². The van der Waals surface area contributed by atoms with Gasteiger partial charge in [-0.05, 0) is 36.7 Å². The summed E-state index contributed by atoms with van der Waals surface area (Å²) in [4.78, 5) is 27.8. The molecule has 0 aliphatic heterocycles. The quantitative estimate of drug-likeness (QED) is 0.194. The van der Waals surface area contributed by atoms with Crippen molar-refractivity contribution in [2.45, 2.75) is 38.5 Å². The van der Waals surface area contributed by atoms with Gasteiger partial charge in [-0.15, -0.1) is 0 Å². The Labute approximate surface area is 151 Å². The fraction of sp³-hybridized carbons (Fsp3) is 0.857. The Bertz CT molecular complexity index is 445. The first kappa shape index (κ1) is 23.2. The van der Waals surface area contributed by atoms with Crippen LogP contribution < -0.4 is 10.6 Å². The zero-order valence-corrected chi connectivity index (χ0v) is 14.8. The lowest BCUT2D eigenvalue weighted by molar-refractivity contribution is 0.144. The van der Waals surface area contributed by atoms with Crippen LogP contribution in [0.5, 0.6) is 0 Å². The highest BCUT2D eigenvalue weighted by atomic mass is 16.6. The zero-order chi connectivity index (χ0) is 19.3. The Morgan fingerprint density at radius 2 is 1.15 bits per heavy atom. The molecule has 0 unspecified atom stereocenters. The van der Waals surface area contributed by atoms with Crippen LogP contribution in [0.1, 0.15) is 38.5 Å². The van der Waals surface area contributed by atoms with Gasteiger partial charge in [-0.3, -0.25) is 0 Å². The number of nitrogens with zero attached hydrogens (tertiary/aromatic N) is 6. The minimum Gasteiger partial charge on any atom is -0.450 e. The fourth-order valence-corrected chi connectivity index (χ4v) is 1.78. The lowest BCUT2D eigenvalue weighted by Gasteiger charge is -2.07. The molecule has 0 fully saturated rings. The molecule has 0 aliphatic carbocycles. The standard InChI is InChI=1S/C14H26N8O4/c15-21-19-9-5-11-25-13(23)17-7-3-1-2-4-8-18-14(24)26-12-6-10-20-22-16/h1-12H2,(H,17,23)(H,18,24). The number of unbranched alkanes of at least 4 members (excludes halogenated alkanes) is 3. The maximum atomic E-state index is 11.3. The van der Waals surface area contributed by atoms with E-state index in [9.17, 15) is 9.59 Å². The first-order chi connectivity index (χ1) is 12.7. The minimum atomic E-state index is -0.476. The van der Waals surface area contributed by atoms with Crippen LogP contribution in [0.25, 0.3) is 20.9 Å². The van der Waals surface area contributed by atoms with Crippen LogP contribution in [0, 0.1) is 0 Å². The highest BCUT2D eigenvalue weighted by Gasteiger charge is 2.02. The summed E-state index contributed by atoms with van der Waals surface area (Å²) in [6, 6.07) is 0. The van der Waals surface area contributed by atoms with E-state index in [0.717, 1.165) is 25.7 Å². The van der Waals surface area contributed by atoms with Crippen molar-refractivity contribution in [1.29, 1.82) is 0 Å². The number of amides is 2. The van der Waals surface area contributed by atoms with Crippen molar-refractivity contribution in [2.75, 3.05) is 39.4 Å². The normalized spacial score (nSPS) is 9.38. The molecule has 2 N–H and O–H groups in total. The number of hydrogen-bond donors (Lipinski definition) is 2. The third-order valence-corrected chi connectivity index (χ3v) is 3.04. The molecule has 0 rings (SSSR count). The molecule has 146 valence electrons. The molecule has 0 saturated carbocycles. The van der Waals surface area contributed by atoms with Crippen LogP contribution in [0.15, 0.2) is 10.2 Å². The van der Waals surface area contributed by atoms with Crippen molar-refractivity contribution < 1.29 is 19.1 Å². The smallest absolute Gasteiger partial charge is 0.407 e. The van der Waals surface area contributed by atoms with Gasteiger partial charge in [-0.25, -0.2) is 9.59 Å². The van der Waals surface area contributed by atoms with Crippen molar-refractivity contribution in [3.63, 3.8) is 0 Å². The summed E-state index contributed by atoms with van der Waals surface area (Å²) in [6.07, 6.45) is 3.52. The summed E-state index contributed by atoms with van der Waals surface area (Å²) in [5.41, 5.74) is 16.2. The topological polar surface area (TPSA) is 174 Å². The first-order valence-corrected chi connectivity index (χ1v) is 8.53. The molecule has 0 aromatic carbocycles. The summed E-state index contributed by atoms with van der Waals surface area (Å²) in [6.45, 7) is 2.10. The summed E-state index contributed by atoms with van der Waals surface area (Å²) in [7, 11) is 0. The number of azide groups is 2. The van der Waals surface area contributed by atoms with Crippen LogP contribution in [-0.2, 0) is 9.47 Å². The molecule has 12 nitrogen and oxygen atoms in total.